The van der Waals surface area contributed by atoms with Gasteiger partial charge in [-0.15, -0.1) is 0 Å². The summed E-state index contributed by atoms with van der Waals surface area (Å²) in [5.41, 5.74) is 16.4. The number of hydrogen-bond acceptors (Lipinski definition) is 8. The zero-order chi connectivity index (χ0) is 27.9. The van der Waals surface area contributed by atoms with Gasteiger partial charge >= 0.3 is 5.97 Å². The van der Waals surface area contributed by atoms with Crippen LogP contribution in [0.15, 0.2) is 48.7 Å². The molecule has 0 aliphatic heterocycles. The van der Waals surface area contributed by atoms with E-state index in [2.05, 4.69) is 21.9 Å². The molecule has 11 heteroatoms. The molecule has 0 spiro atoms. The van der Waals surface area contributed by atoms with Crippen LogP contribution in [0.25, 0.3) is 22.2 Å². The van der Waals surface area contributed by atoms with Gasteiger partial charge in [-0.05, 0) is 36.8 Å². The Hall–Kier alpha value is -4.66. The van der Waals surface area contributed by atoms with Gasteiger partial charge in [0.05, 0.1) is 35.4 Å². The number of anilines is 2. The van der Waals surface area contributed by atoms with E-state index in [1.807, 2.05) is 13.0 Å². The second-order valence-corrected chi connectivity index (χ2v) is 8.62. The second kappa shape index (κ2) is 12.3. The highest BCUT2D eigenvalue weighted by Gasteiger charge is 2.19. The third-order valence-electron chi connectivity index (χ3n) is 5.82. The van der Waals surface area contributed by atoms with Crippen molar-refractivity contribution in [3.63, 3.8) is 0 Å². The van der Waals surface area contributed by atoms with Crippen LogP contribution in [-0.4, -0.2) is 52.3 Å². The summed E-state index contributed by atoms with van der Waals surface area (Å²) < 4.78 is 31.4. The number of halogens is 1. The fraction of sp³-hybridized carbons (Fsp3) is 0.250. The number of aliphatic carboxylic acids is 1. The van der Waals surface area contributed by atoms with E-state index in [4.69, 9.17) is 30.8 Å². The van der Waals surface area contributed by atoms with Crippen LogP contribution < -0.4 is 16.2 Å². The van der Waals surface area contributed by atoms with Crippen molar-refractivity contribution in [1.82, 2.24) is 14.8 Å². The fourth-order valence-corrected chi connectivity index (χ4v) is 3.94. The van der Waals surface area contributed by atoms with Crippen LogP contribution in [-0.2, 0) is 21.3 Å². The molecule has 2 heterocycles. The first kappa shape index (κ1) is 27.4. The lowest BCUT2D eigenvalue weighted by molar-refractivity contribution is -0.142. The number of pyridine rings is 1. The summed E-state index contributed by atoms with van der Waals surface area (Å²) in [6, 6.07) is 11.4. The highest BCUT2D eigenvalue weighted by atomic mass is 19.1. The number of benzene rings is 2. The zero-order valence-corrected chi connectivity index (χ0v) is 21.5. The summed E-state index contributed by atoms with van der Waals surface area (Å²) in [6.45, 7) is 1.98. The first-order chi connectivity index (χ1) is 18.7. The largest absolute Gasteiger partial charge is 0.484 e. The van der Waals surface area contributed by atoms with Crippen molar-refractivity contribution in [2.45, 2.75) is 13.0 Å². The molecule has 0 saturated heterocycles. The Balaban J connectivity index is 1.56. The number of fused-ring (bicyclic) bond motifs is 1. The monoisotopic (exact) mass is 533 g/mol. The van der Waals surface area contributed by atoms with Gasteiger partial charge in [0.15, 0.2) is 0 Å². The molecule has 0 unspecified atom stereocenters. The van der Waals surface area contributed by atoms with Crippen LogP contribution in [0.5, 0.6) is 5.75 Å². The van der Waals surface area contributed by atoms with Crippen molar-refractivity contribution in [1.29, 1.82) is 0 Å². The molecule has 0 aliphatic carbocycles. The minimum absolute atomic E-state index is 0.123. The molecular weight excluding hydrogens is 505 g/mol. The smallest absolute Gasteiger partial charge is 0.329 e. The molecule has 202 valence electrons. The molecule has 2 aromatic carbocycles. The first-order valence-corrected chi connectivity index (χ1v) is 12.0. The van der Waals surface area contributed by atoms with Gasteiger partial charge in [-0.25, -0.2) is 14.2 Å². The van der Waals surface area contributed by atoms with E-state index in [0.717, 1.165) is 11.1 Å². The average Bonchev–Trinajstić information content (AvgIpc) is 3.26. The Labute approximate surface area is 224 Å². The molecule has 4 rings (SSSR count). The average molecular weight is 534 g/mol. The van der Waals surface area contributed by atoms with Gasteiger partial charge in [0.25, 0.3) is 0 Å². The third kappa shape index (κ3) is 6.62. The number of carboxylic acid groups (broad SMARTS) is 1. The SMILES string of the molecule is C[C@H](Oc1cc(-c2nn(C)c3c(C#CCOCCOCC(=O)O)cnc(N)c23)ccc1N)c1ccc(F)cc1. The van der Waals surface area contributed by atoms with E-state index in [1.165, 1.54) is 12.1 Å². The Bertz CT molecular complexity index is 1540. The van der Waals surface area contributed by atoms with Crippen LogP contribution >= 0.6 is 0 Å². The van der Waals surface area contributed by atoms with Crippen molar-refractivity contribution < 1.29 is 28.5 Å². The first-order valence-electron chi connectivity index (χ1n) is 12.0. The third-order valence-corrected chi connectivity index (χ3v) is 5.82. The van der Waals surface area contributed by atoms with Gasteiger partial charge < -0.3 is 30.8 Å². The van der Waals surface area contributed by atoms with Crippen molar-refractivity contribution in [3.8, 4) is 28.8 Å². The second-order valence-electron chi connectivity index (χ2n) is 8.62. The maximum Gasteiger partial charge on any atom is 0.329 e. The molecule has 0 fully saturated rings. The zero-order valence-electron chi connectivity index (χ0n) is 21.5. The molecule has 0 bridgehead atoms. The summed E-state index contributed by atoms with van der Waals surface area (Å²) in [5, 5.41) is 13.9. The van der Waals surface area contributed by atoms with Crippen LogP contribution in [0.1, 0.15) is 24.2 Å². The molecule has 4 aromatic rings. The number of aryl methyl sites for hydroxylation is 1. The minimum Gasteiger partial charge on any atom is -0.484 e. The summed E-state index contributed by atoms with van der Waals surface area (Å²) in [6.07, 6.45) is 1.21. The van der Waals surface area contributed by atoms with Crippen LogP contribution in [0, 0.1) is 17.7 Å². The van der Waals surface area contributed by atoms with E-state index in [9.17, 15) is 9.18 Å². The maximum atomic E-state index is 13.3. The number of ether oxygens (including phenoxy) is 3. The van der Waals surface area contributed by atoms with Gasteiger partial charge in [0.2, 0.25) is 0 Å². The predicted molar refractivity (Wildman–Crippen MR) is 144 cm³/mol. The topological polar surface area (TPSA) is 148 Å². The highest BCUT2D eigenvalue weighted by Crippen LogP contribution is 2.37. The van der Waals surface area contributed by atoms with Crippen molar-refractivity contribution in [3.05, 3.63) is 65.6 Å². The van der Waals surface area contributed by atoms with Crippen molar-refractivity contribution in [2.24, 2.45) is 7.05 Å². The predicted octanol–water partition coefficient (Wildman–Crippen LogP) is 3.55. The van der Waals surface area contributed by atoms with E-state index in [0.29, 0.717) is 39.4 Å². The Morgan fingerprint density at radius 2 is 1.90 bits per heavy atom. The van der Waals surface area contributed by atoms with E-state index in [-0.39, 0.29) is 38.3 Å². The lowest BCUT2D eigenvalue weighted by atomic mass is 10.1. The van der Waals surface area contributed by atoms with Gasteiger partial charge in [0.1, 0.15) is 42.4 Å². The number of carbonyl (C=O) groups is 1. The molecule has 0 saturated carbocycles. The Kier molecular flexibility index (Phi) is 8.60. The van der Waals surface area contributed by atoms with Crippen LogP contribution in [0.4, 0.5) is 15.9 Å². The van der Waals surface area contributed by atoms with Crippen LogP contribution in [0.3, 0.4) is 0 Å². The fourth-order valence-electron chi connectivity index (χ4n) is 3.94. The number of aromatic nitrogens is 3. The van der Waals surface area contributed by atoms with Gasteiger partial charge in [-0.1, -0.05) is 30.0 Å². The number of nitrogens with two attached hydrogens (primary N) is 2. The quantitative estimate of drug-likeness (QED) is 0.158. The molecule has 39 heavy (non-hydrogen) atoms. The number of nitrogens with zero attached hydrogens (tertiary/aromatic N) is 3. The Morgan fingerprint density at radius 1 is 1.15 bits per heavy atom. The molecule has 5 N–H and O–H groups in total. The van der Waals surface area contributed by atoms with Gasteiger partial charge in [-0.3, -0.25) is 4.68 Å². The maximum absolute atomic E-state index is 13.3. The number of nitrogen functional groups attached to an aromatic ring is 2. The number of rotatable bonds is 10. The molecular formula is C28H28FN5O5. The number of hydrogen-bond donors (Lipinski definition) is 3. The lowest BCUT2D eigenvalue weighted by Gasteiger charge is -2.17. The minimum atomic E-state index is -1.03. The standard InChI is InChI=1S/C28H28FN5O5/c1-17(18-5-8-21(29)9-6-18)39-23-14-19(7-10-22(23)30)26-25-27(34(2)33-26)20(15-32-28(25)31)4-3-11-37-12-13-38-16-24(35)36/h5-10,14-15,17H,11-13,16,30H2,1-2H3,(H2,31,32)(H,35,36)/t17-/m0/s1. The van der Waals surface area contributed by atoms with Crippen LogP contribution in [0.2, 0.25) is 0 Å². The Morgan fingerprint density at radius 3 is 2.64 bits per heavy atom. The molecule has 1 atom stereocenters. The normalized spacial score (nSPS) is 11.7. The molecule has 0 amide bonds. The van der Waals surface area contributed by atoms with Crippen molar-refractivity contribution in [2.75, 3.05) is 37.9 Å². The summed E-state index contributed by atoms with van der Waals surface area (Å²) in [7, 11) is 1.79. The van der Waals surface area contributed by atoms with E-state index in [1.54, 1.807) is 42.2 Å². The highest BCUT2D eigenvalue weighted by molar-refractivity contribution is 6.02. The van der Waals surface area contributed by atoms with Crippen molar-refractivity contribution >= 4 is 28.4 Å². The molecule has 0 radical (unpaired) electrons. The number of carboxylic acids is 1. The lowest BCUT2D eigenvalue weighted by Crippen LogP contribution is -2.11. The summed E-state index contributed by atoms with van der Waals surface area (Å²) >= 11 is 0. The molecule has 2 aromatic heterocycles. The van der Waals surface area contributed by atoms with Gasteiger partial charge in [0, 0.05) is 18.8 Å². The van der Waals surface area contributed by atoms with E-state index < -0.39 is 5.97 Å². The molecule has 0 aliphatic rings. The van der Waals surface area contributed by atoms with Gasteiger partial charge in [-0.2, -0.15) is 5.10 Å². The summed E-state index contributed by atoms with van der Waals surface area (Å²) in [4.78, 5) is 14.8. The van der Waals surface area contributed by atoms with E-state index >= 15 is 0 Å². The summed E-state index contributed by atoms with van der Waals surface area (Å²) in [5.74, 6) is 5.35. The molecule has 10 nitrogen and oxygen atoms in total.